The van der Waals surface area contributed by atoms with Gasteiger partial charge in [-0.2, -0.15) is 0 Å². The molecule has 2 aromatic carbocycles. The first-order chi connectivity index (χ1) is 15.7. The lowest BCUT2D eigenvalue weighted by Gasteiger charge is -2.39. The highest BCUT2D eigenvalue weighted by molar-refractivity contribution is 5.86. The van der Waals surface area contributed by atoms with Crippen LogP contribution in [0.2, 0.25) is 0 Å². The fourth-order valence-electron chi connectivity index (χ4n) is 3.61. The van der Waals surface area contributed by atoms with Crippen LogP contribution >= 0.6 is 0 Å². The monoisotopic (exact) mass is 462 g/mol. The van der Waals surface area contributed by atoms with Crippen LogP contribution in [0.4, 0.5) is 0 Å². The van der Waals surface area contributed by atoms with E-state index in [1.165, 1.54) is 25.3 Å². The first-order valence-corrected chi connectivity index (χ1v) is 9.89. The number of aromatic hydroxyl groups is 2. The van der Waals surface area contributed by atoms with E-state index < -0.39 is 48.5 Å². The number of hydrogen-bond acceptors (Lipinski definition) is 11. The Morgan fingerprint density at radius 3 is 2.42 bits per heavy atom. The lowest BCUT2D eigenvalue weighted by Crippen LogP contribution is -2.60. The molecule has 0 radical (unpaired) electrons. The average molecular weight is 462 g/mol. The van der Waals surface area contributed by atoms with Crippen molar-refractivity contribution >= 4 is 11.0 Å². The van der Waals surface area contributed by atoms with Crippen molar-refractivity contribution in [3.63, 3.8) is 0 Å². The van der Waals surface area contributed by atoms with Crippen LogP contribution in [0, 0.1) is 0 Å². The van der Waals surface area contributed by atoms with E-state index in [2.05, 4.69) is 0 Å². The maximum absolute atomic E-state index is 12.5. The number of ether oxygens (including phenoxy) is 3. The molecule has 11 heteroatoms. The molecule has 0 bridgehead atoms. The number of benzene rings is 2. The summed E-state index contributed by atoms with van der Waals surface area (Å²) in [7, 11) is 1.37. The van der Waals surface area contributed by atoms with Crippen molar-refractivity contribution in [3.8, 4) is 34.3 Å². The van der Waals surface area contributed by atoms with Crippen molar-refractivity contribution in [1.29, 1.82) is 0 Å². The van der Waals surface area contributed by atoms with Crippen LogP contribution in [0.5, 0.6) is 23.0 Å². The van der Waals surface area contributed by atoms with Gasteiger partial charge in [0.2, 0.25) is 6.29 Å². The number of aliphatic hydroxyl groups excluding tert-OH is 4. The molecule has 4 rings (SSSR count). The lowest BCUT2D eigenvalue weighted by molar-refractivity contribution is -0.277. The van der Waals surface area contributed by atoms with Crippen LogP contribution in [0.25, 0.3) is 22.3 Å². The Kier molecular flexibility index (Phi) is 6.15. The quantitative estimate of drug-likeness (QED) is 0.302. The van der Waals surface area contributed by atoms with E-state index in [0.29, 0.717) is 5.56 Å². The van der Waals surface area contributed by atoms with Gasteiger partial charge in [0, 0.05) is 23.8 Å². The van der Waals surface area contributed by atoms with Crippen LogP contribution in [0.1, 0.15) is 0 Å². The summed E-state index contributed by atoms with van der Waals surface area (Å²) in [5.74, 6) is -0.373. The highest BCUT2D eigenvalue weighted by Crippen LogP contribution is 2.36. The molecule has 3 aromatic rings. The van der Waals surface area contributed by atoms with Crippen molar-refractivity contribution in [3.05, 3.63) is 46.6 Å². The molecule has 1 saturated heterocycles. The zero-order valence-corrected chi connectivity index (χ0v) is 17.3. The third-order valence-corrected chi connectivity index (χ3v) is 5.33. The Labute approximate surface area is 186 Å². The molecule has 33 heavy (non-hydrogen) atoms. The maximum atomic E-state index is 12.5. The SMILES string of the molecule is COc1ccc(-c2cc(=O)c3c(O)cc(O)cc3o2)cc1O[C@@H]1OC(CO)[C@@H](O)C(O)C1O. The van der Waals surface area contributed by atoms with E-state index in [4.69, 9.17) is 18.6 Å². The molecule has 0 saturated carbocycles. The van der Waals surface area contributed by atoms with Gasteiger partial charge >= 0.3 is 0 Å². The number of rotatable bonds is 5. The molecule has 0 amide bonds. The Morgan fingerprint density at radius 1 is 0.970 bits per heavy atom. The molecule has 0 spiro atoms. The molecule has 3 unspecified atom stereocenters. The van der Waals surface area contributed by atoms with Crippen LogP contribution in [-0.2, 0) is 4.74 Å². The van der Waals surface area contributed by atoms with E-state index in [1.54, 1.807) is 6.07 Å². The number of aliphatic hydroxyl groups is 4. The molecular formula is C22H22O11. The molecule has 1 fully saturated rings. The minimum absolute atomic E-state index is 0.0396. The minimum atomic E-state index is -1.64. The molecule has 2 heterocycles. The maximum Gasteiger partial charge on any atom is 0.229 e. The molecular weight excluding hydrogens is 440 g/mol. The standard InChI is InChI=1S/C22H22O11/c1-30-13-3-2-9(14-7-12(26)18-11(25)5-10(24)6-16(18)31-14)4-15(13)32-22-21(29)20(28)19(27)17(8-23)33-22/h2-7,17,19-25,27-29H,8H2,1H3/t17?,19-,20?,21?,22-/m1/s1. The highest BCUT2D eigenvalue weighted by atomic mass is 16.7. The zero-order valence-electron chi connectivity index (χ0n) is 17.3. The minimum Gasteiger partial charge on any atom is -0.508 e. The summed E-state index contributed by atoms with van der Waals surface area (Å²) in [6.07, 6.45) is -7.43. The van der Waals surface area contributed by atoms with Gasteiger partial charge in [0.25, 0.3) is 0 Å². The number of phenols is 2. The van der Waals surface area contributed by atoms with Crippen molar-refractivity contribution in [1.82, 2.24) is 0 Å². The molecule has 1 aromatic heterocycles. The molecule has 6 N–H and O–H groups in total. The number of fused-ring (bicyclic) bond motifs is 1. The summed E-state index contributed by atoms with van der Waals surface area (Å²) in [5, 5.41) is 59.1. The van der Waals surface area contributed by atoms with Crippen LogP contribution < -0.4 is 14.9 Å². The average Bonchev–Trinajstić information content (AvgIpc) is 2.78. The summed E-state index contributed by atoms with van der Waals surface area (Å²) in [4.78, 5) is 12.5. The Balaban J connectivity index is 1.73. The highest BCUT2D eigenvalue weighted by Gasteiger charge is 2.45. The predicted molar refractivity (Wildman–Crippen MR) is 112 cm³/mol. The number of hydrogen-bond donors (Lipinski definition) is 6. The third-order valence-electron chi connectivity index (χ3n) is 5.33. The van der Waals surface area contributed by atoms with Crippen LogP contribution in [0.3, 0.4) is 0 Å². The second-order valence-electron chi connectivity index (χ2n) is 7.49. The topological polar surface area (TPSA) is 179 Å². The molecule has 176 valence electrons. The summed E-state index contributed by atoms with van der Waals surface area (Å²) in [6.45, 7) is -0.621. The van der Waals surface area contributed by atoms with E-state index >= 15 is 0 Å². The first kappa shape index (κ1) is 22.8. The molecule has 1 aliphatic rings. The summed E-state index contributed by atoms with van der Waals surface area (Å²) < 4.78 is 22.0. The molecule has 11 nitrogen and oxygen atoms in total. The van der Waals surface area contributed by atoms with Gasteiger partial charge in [-0.3, -0.25) is 4.79 Å². The second kappa shape index (κ2) is 8.89. The summed E-state index contributed by atoms with van der Waals surface area (Å²) in [5.41, 5.74) is -0.240. The van der Waals surface area contributed by atoms with Crippen LogP contribution in [-0.4, -0.2) is 75.1 Å². The van der Waals surface area contributed by atoms with Gasteiger partial charge in [0.05, 0.1) is 13.7 Å². The van der Waals surface area contributed by atoms with E-state index in [-0.39, 0.29) is 34.0 Å². The Morgan fingerprint density at radius 2 is 1.73 bits per heavy atom. The van der Waals surface area contributed by atoms with Gasteiger partial charge in [-0.1, -0.05) is 0 Å². The summed E-state index contributed by atoms with van der Waals surface area (Å²) >= 11 is 0. The summed E-state index contributed by atoms with van der Waals surface area (Å²) in [6, 6.07) is 7.85. The number of methoxy groups -OCH3 is 1. The lowest BCUT2D eigenvalue weighted by atomic mass is 9.99. The second-order valence-corrected chi connectivity index (χ2v) is 7.49. The van der Waals surface area contributed by atoms with Crippen LogP contribution in [0.15, 0.2) is 45.6 Å². The van der Waals surface area contributed by atoms with E-state index in [1.807, 2.05) is 0 Å². The first-order valence-electron chi connectivity index (χ1n) is 9.89. The van der Waals surface area contributed by atoms with Gasteiger partial charge in [0.15, 0.2) is 16.9 Å². The van der Waals surface area contributed by atoms with Gasteiger partial charge in [0.1, 0.15) is 52.6 Å². The smallest absolute Gasteiger partial charge is 0.229 e. The molecule has 0 aliphatic carbocycles. The molecule has 5 atom stereocenters. The Bertz CT molecular complexity index is 1220. The van der Waals surface area contributed by atoms with Gasteiger partial charge in [-0.25, -0.2) is 0 Å². The van der Waals surface area contributed by atoms with Crippen molar-refractivity contribution in [2.75, 3.05) is 13.7 Å². The zero-order chi connectivity index (χ0) is 23.9. The van der Waals surface area contributed by atoms with Crippen molar-refractivity contribution < 1.29 is 49.3 Å². The predicted octanol–water partition coefficient (Wildman–Crippen LogP) is 0.0585. The molecule has 1 aliphatic heterocycles. The normalized spacial score (nSPS) is 25.2. The third kappa shape index (κ3) is 4.19. The fraction of sp³-hybridized carbons (Fsp3) is 0.318. The van der Waals surface area contributed by atoms with Gasteiger partial charge in [-0.05, 0) is 18.2 Å². The fourth-order valence-corrected chi connectivity index (χ4v) is 3.61. The van der Waals surface area contributed by atoms with Gasteiger partial charge < -0.3 is 49.3 Å². The Hall–Kier alpha value is -3.35. The van der Waals surface area contributed by atoms with Crippen molar-refractivity contribution in [2.45, 2.75) is 30.7 Å². The van der Waals surface area contributed by atoms with Gasteiger partial charge in [-0.15, -0.1) is 0 Å². The largest absolute Gasteiger partial charge is 0.508 e. The van der Waals surface area contributed by atoms with Crippen molar-refractivity contribution in [2.24, 2.45) is 0 Å². The number of phenolic OH excluding ortho intramolecular Hbond substituents is 2. The van der Waals surface area contributed by atoms with E-state index in [0.717, 1.165) is 12.1 Å². The van der Waals surface area contributed by atoms with E-state index in [9.17, 15) is 35.4 Å².